The van der Waals surface area contributed by atoms with E-state index in [1.807, 2.05) is 39.0 Å². The van der Waals surface area contributed by atoms with Crippen molar-refractivity contribution in [3.63, 3.8) is 0 Å². The van der Waals surface area contributed by atoms with Gasteiger partial charge in [0.05, 0.1) is 0 Å². The molecule has 5 nitrogen and oxygen atoms in total. The number of nitrogens with zero attached hydrogens (tertiary/aromatic N) is 1. The average molecular weight is 395 g/mol. The van der Waals surface area contributed by atoms with E-state index in [4.69, 9.17) is 4.42 Å². The average Bonchev–Trinajstić information content (AvgIpc) is 3.42. The molecule has 0 unspecified atom stereocenters. The second-order valence-electron chi connectivity index (χ2n) is 9.24. The Bertz CT molecular complexity index is 1240. The minimum Gasteiger partial charge on any atom is -0.477 e. The number of hydrogen-bond acceptors (Lipinski definition) is 3. The van der Waals surface area contributed by atoms with E-state index < -0.39 is 22.8 Å². The SMILES string of the molecule is CC(C)(C)[C@@H]1Cc2c(oc3c(C4CC4)cccc23)-c2c(F)c(=O)c(C(=O)O)cn21. The fourth-order valence-corrected chi connectivity index (χ4v) is 4.53. The monoisotopic (exact) mass is 395 g/mol. The van der Waals surface area contributed by atoms with Gasteiger partial charge in [-0.15, -0.1) is 0 Å². The van der Waals surface area contributed by atoms with Crippen molar-refractivity contribution in [3.8, 4) is 11.5 Å². The molecule has 1 aromatic carbocycles. The van der Waals surface area contributed by atoms with Gasteiger partial charge >= 0.3 is 5.97 Å². The summed E-state index contributed by atoms with van der Waals surface area (Å²) in [6, 6.07) is 5.82. The molecule has 1 N–H and O–H groups in total. The number of rotatable bonds is 2. The number of carbonyl (C=O) groups is 1. The van der Waals surface area contributed by atoms with Crippen LogP contribution in [-0.4, -0.2) is 15.6 Å². The summed E-state index contributed by atoms with van der Waals surface area (Å²) in [6.07, 6.45) is 4.08. The van der Waals surface area contributed by atoms with Crippen LogP contribution in [0.5, 0.6) is 0 Å². The number of fused-ring (bicyclic) bond motifs is 5. The first kappa shape index (κ1) is 18.2. The van der Waals surface area contributed by atoms with Crippen molar-refractivity contribution in [2.75, 3.05) is 0 Å². The molecule has 1 saturated carbocycles. The van der Waals surface area contributed by atoms with Crippen LogP contribution in [-0.2, 0) is 6.42 Å². The summed E-state index contributed by atoms with van der Waals surface area (Å²) in [5.41, 5.74) is 0.881. The van der Waals surface area contributed by atoms with E-state index in [0.717, 1.165) is 34.9 Å². The second-order valence-corrected chi connectivity index (χ2v) is 9.24. The summed E-state index contributed by atoms with van der Waals surface area (Å²) in [4.78, 5) is 24.0. The van der Waals surface area contributed by atoms with Gasteiger partial charge in [0.15, 0.2) is 11.6 Å². The maximum Gasteiger partial charge on any atom is 0.341 e. The van der Waals surface area contributed by atoms with Crippen molar-refractivity contribution in [3.05, 3.63) is 57.1 Å². The molecule has 150 valence electrons. The zero-order valence-electron chi connectivity index (χ0n) is 16.6. The van der Waals surface area contributed by atoms with Crippen LogP contribution >= 0.6 is 0 Å². The van der Waals surface area contributed by atoms with E-state index in [2.05, 4.69) is 0 Å². The lowest BCUT2D eigenvalue weighted by Gasteiger charge is -2.37. The van der Waals surface area contributed by atoms with Crippen LogP contribution in [0.2, 0.25) is 0 Å². The van der Waals surface area contributed by atoms with Crippen LogP contribution in [0.3, 0.4) is 0 Å². The van der Waals surface area contributed by atoms with Crippen LogP contribution in [0.1, 0.15) is 67.1 Å². The first-order chi connectivity index (χ1) is 13.7. The molecule has 0 bridgehead atoms. The molecule has 1 aliphatic carbocycles. The molecule has 29 heavy (non-hydrogen) atoms. The van der Waals surface area contributed by atoms with Gasteiger partial charge in [-0.1, -0.05) is 39.0 Å². The largest absolute Gasteiger partial charge is 0.477 e. The molecule has 0 radical (unpaired) electrons. The maximum atomic E-state index is 15.3. The molecule has 3 aromatic rings. The van der Waals surface area contributed by atoms with E-state index in [-0.39, 0.29) is 17.2 Å². The summed E-state index contributed by atoms with van der Waals surface area (Å²) < 4.78 is 23.1. The number of hydrogen-bond donors (Lipinski definition) is 1. The van der Waals surface area contributed by atoms with Crippen molar-refractivity contribution in [1.82, 2.24) is 4.57 Å². The standard InChI is InChI=1S/C23H22FNO4/c1-23(2,3)16-9-14-13-6-4-5-12(11-7-8-11)20(13)29-21(14)18-17(24)19(26)15(22(27)28)10-25(16)18/h4-6,10-11,16H,7-9H2,1-3H3,(H,27,28)/t16-/m0/s1. The molecule has 6 heteroatoms. The Morgan fingerprint density at radius 1 is 1.28 bits per heavy atom. The van der Waals surface area contributed by atoms with Crippen LogP contribution in [0.15, 0.2) is 33.6 Å². The van der Waals surface area contributed by atoms with Gasteiger partial charge in [-0.2, -0.15) is 0 Å². The quantitative estimate of drug-likeness (QED) is 0.654. The van der Waals surface area contributed by atoms with Gasteiger partial charge in [-0.3, -0.25) is 4.79 Å². The molecular weight excluding hydrogens is 373 g/mol. The van der Waals surface area contributed by atoms with Gasteiger partial charge in [0.2, 0.25) is 5.43 Å². The van der Waals surface area contributed by atoms with Gasteiger partial charge in [0.1, 0.15) is 16.8 Å². The summed E-state index contributed by atoms with van der Waals surface area (Å²) >= 11 is 0. The molecule has 5 rings (SSSR count). The third-order valence-corrected chi connectivity index (χ3v) is 6.22. The van der Waals surface area contributed by atoms with Gasteiger partial charge < -0.3 is 14.1 Å². The Morgan fingerprint density at radius 2 is 2.00 bits per heavy atom. The van der Waals surface area contributed by atoms with Gasteiger partial charge in [0, 0.05) is 23.2 Å². The van der Waals surface area contributed by atoms with Crippen molar-refractivity contribution in [2.45, 2.75) is 52.0 Å². The lowest BCUT2D eigenvalue weighted by molar-refractivity contribution is 0.0692. The summed E-state index contributed by atoms with van der Waals surface area (Å²) in [5.74, 6) is -1.68. The normalized spacial score (nSPS) is 18.6. The fourth-order valence-electron chi connectivity index (χ4n) is 4.53. The predicted molar refractivity (Wildman–Crippen MR) is 107 cm³/mol. The Morgan fingerprint density at radius 3 is 2.62 bits per heavy atom. The lowest BCUT2D eigenvalue weighted by atomic mass is 9.79. The molecule has 0 spiro atoms. The fraction of sp³-hybridized carbons (Fsp3) is 0.391. The molecular formula is C23H22FNO4. The number of benzene rings is 1. The van der Waals surface area contributed by atoms with Gasteiger partial charge in [-0.05, 0) is 36.2 Å². The number of halogens is 1. The number of carboxylic acid groups (broad SMARTS) is 1. The zero-order valence-corrected chi connectivity index (χ0v) is 16.6. The van der Waals surface area contributed by atoms with Gasteiger partial charge in [-0.25, -0.2) is 9.18 Å². The topological polar surface area (TPSA) is 72.4 Å². The Hall–Kier alpha value is -2.89. The number of furan rings is 1. The number of aromatic carboxylic acids is 1. The highest BCUT2D eigenvalue weighted by Gasteiger charge is 2.39. The van der Waals surface area contributed by atoms with E-state index in [1.54, 1.807) is 4.57 Å². The zero-order chi connectivity index (χ0) is 20.7. The highest BCUT2D eigenvalue weighted by atomic mass is 19.1. The van der Waals surface area contributed by atoms with E-state index in [9.17, 15) is 14.7 Å². The van der Waals surface area contributed by atoms with Crippen molar-refractivity contribution < 1.29 is 18.7 Å². The van der Waals surface area contributed by atoms with Crippen molar-refractivity contribution in [1.29, 1.82) is 0 Å². The summed E-state index contributed by atoms with van der Waals surface area (Å²) in [6.45, 7) is 6.09. The van der Waals surface area contributed by atoms with Crippen LogP contribution in [0.4, 0.5) is 4.39 Å². The number of para-hydroxylation sites is 1. The number of carboxylic acids is 1. The minimum atomic E-state index is -1.43. The van der Waals surface area contributed by atoms with Crippen LogP contribution in [0.25, 0.3) is 22.4 Å². The second kappa shape index (κ2) is 5.81. The molecule has 2 aromatic heterocycles. The van der Waals surface area contributed by atoms with E-state index in [0.29, 0.717) is 18.1 Å². The first-order valence-electron chi connectivity index (χ1n) is 9.91. The molecule has 1 fully saturated rings. The van der Waals surface area contributed by atoms with Crippen LogP contribution in [0, 0.1) is 11.2 Å². The third kappa shape index (κ3) is 2.58. The molecule has 0 saturated heterocycles. The smallest absolute Gasteiger partial charge is 0.341 e. The maximum absolute atomic E-state index is 15.3. The molecule has 2 aliphatic rings. The first-order valence-corrected chi connectivity index (χ1v) is 9.91. The molecule has 3 heterocycles. The Labute approximate surface area is 166 Å². The number of pyridine rings is 1. The Kier molecular flexibility index (Phi) is 3.64. The third-order valence-electron chi connectivity index (χ3n) is 6.22. The molecule has 1 atom stereocenters. The Balaban J connectivity index is 1.87. The highest BCUT2D eigenvalue weighted by Crippen LogP contribution is 2.50. The minimum absolute atomic E-state index is 0.0547. The molecule has 0 amide bonds. The summed E-state index contributed by atoms with van der Waals surface area (Å²) in [5, 5.41) is 10.3. The highest BCUT2D eigenvalue weighted by molar-refractivity contribution is 5.92. The lowest BCUT2D eigenvalue weighted by Crippen LogP contribution is -2.34. The summed E-state index contributed by atoms with van der Waals surface area (Å²) in [7, 11) is 0. The molecule has 1 aliphatic heterocycles. The van der Waals surface area contributed by atoms with E-state index >= 15 is 4.39 Å². The number of aromatic nitrogens is 1. The van der Waals surface area contributed by atoms with Crippen molar-refractivity contribution in [2.24, 2.45) is 5.41 Å². The van der Waals surface area contributed by atoms with Crippen molar-refractivity contribution >= 4 is 16.9 Å². The van der Waals surface area contributed by atoms with Crippen LogP contribution < -0.4 is 5.43 Å². The van der Waals surface area contributed by atoms with E-state index in [1.165, 1.54) is 6.20 Å². The predicted octanol–water partition coefficient (Wildman–Crippen LogP) is 5.12. The van der Waals surface area contributed by atoms with Gasteiger partial charge in [0.25, 0.3) is 0 Å².